The van der Waals surface area contributed by atoms with Crippen molar-refractivity contribution >= 4 is 10.0 Å². The lowest BCUT2D eigenvalue weighted by Gasteiger charge is -2.33. The van der Waals surface area contributed by atoms with E-state index < -0.39 is 21.4 Å². The Hall–Kier alpha value is -1.42. The van der Waals surface area contributed by atoms with E-state index in [9.17, 15) is 12.8 Å². The summed E-state index contributed by atoms with van der Waals surface area (Å²) in [6.45, 7) is 5.10. The van der Waals surface area contributed by atoms with Crippen LogP contribution in [0.15, 0.2) is 23.1 Å². The third kappa shape index (κ3) is 3.82. The maximum Gasteiger partial charge on any atom is 0.246 e. The first kappa shape index (κ1) is 17.6. The molecule has 0 spiro atoms. The molecular formula is C15H20FNO3S. The second-order valence-electron chi connectivity index (χ2n) is 5.24. The quantitative estimate of drug-likeness (QED) is 0.865. The monoisotopic (exact) mass is 313 g/mol. The first-order chi connectivity index (χ1) is 9.66. The molecule has 4 nitrogen and oxygen atoms in total. The molecule has 0 aliphatic carbocycles. The van der Waals surface area contributed by atoms with E-state index in [4.69, 9.17) is 5.11 Å². The van der Waals surface area contributed by atoms with Crippen molar-refractivity contribution < 1.29 is 17.9 Å². The van der Waals surface area contributed by atoms with E-state index in [1.165, 1.54) is 23.5 Å². The van der Waals surface area contributed by atoms with Crippen LogP contribution < -0.4 is 0 Å². The molecule has 0 amide bonds. The van der Waals surface area contributed by atoms with Gasteiger partial charge in [0, 0.05) is 18.2 Å². The molecule has 21 heavy (non-hydrogen) atoms. The topological polar surface area (TPSA) is 57.6 Å². The molecule has 0 unspecified atom stereocenters. The van der Waals surface area contributed by atoms with E-state index >= 15 is 0 Å². The van der Waals surface area contributed by atoms with Crippen LogP contribution in [-0.4, -0.2) is 37.0 Å². The van der Waals surface area contributed by atoms with E-state index in [0.29, 0.717) is 12.0 Å². The zero-order chi connectivity index (χ0) is 16.3. The average molecular weight is 313 g/mol. The van der Waals surface area contributed by atoms with Gasteiger partial charge in [-0.3, -0.25) is 0 Å². The molecule has 1 aromatic carbocycles. The molecule has 0 aliphatic rings. The Kier molecular flexibility index (Phi) is 5.51. The van der Waals surface area contributed by atoms with Crippen molar-refractivity contribution in [1.29, 1.82) is 0 Å². The van der Waals surface area contributed by atoms with Gasteiger partial charge in [0.15, 0.2) is 0 Å². The highest BCUT2D eigenvalue weighted by molar-refractivity contribution is 7.89. The fourth-order valence-electron chi connectivity index (χ4n) is 1.62. The molecule has 0 aromatic heterocycles. The summed E-state index contributed by atoms with van der Waals surface area (Å²) in [6, 6.07) is 3.68. The number of sulfonamides is 1. The largest absolute Gasteiger partial charge is 0.384 e. The highest BCUT2D eigenvalue weighted by Gasteiger charge is 2.34. The lowest BCUT2D eigenvalue weighted by Crippen LogP contribution is -2.44. The smallest absolute Gasteiger partial charge is 0.246 e. The molecule has 0 heterocycles. The summed E-state index contributed by atoms with van der Waals surface area (Å²) < 4.78 is 40.3. The Morgan fingerprint density at radius 2 is 2.00 bits per heavy atom. The molecule has 116 valence electrons. The summed E-state index contributed by atoms with van der Waals surface area (Å²) in [4.78, 5) is -0.374. The Morgan fingerprint density at radius 3 is 2.48 bits per heavy atom. The minimum absolute atomic E-state index is 0.318. The summed E-state index contributed by atoms with van der Waals surface area (Å²) in [6.07, 6.45) is 0.602. The zero-order valence-corrected chi connectivity index (χ0v) is 13.5. The van der Waals surface area contributed by atoms with Gasteiger partial charge in [-0.05, 0) is 38.5 Å². The minimum Gasteiger partial charge on any atom is -0.384 e. The standard InChI is InChI=1S/C15H20FNO3S/c1-5-15(2,3)17(4)21(19,20)14-9-8-12(7-6-10-18)11-13(14)16/h8-9,11,18H,5,10H2,1-4H3. The van der Waals surface area contributed by atoms with Crippen LogP contribution in [0.25, 0.3) is 0 Å². The van der Waals surface area contributed by atoms with Crippen molar-refractivity contribution in [3.8, 4) is 11.8 Å². The number of hydrogen-bond donors (Lipinski definition) is 1. The number of halogens is 1. The zero-order valence-electron chi connectivity index (χ0n) is 12.6. The molecule has 0 aliphatic heterocycles. The lowest BCUT2D eigenvalue weighted by molar-refractivity contribution is 0.256. The van der Waals surface area contributed by atoms with Crippen LogP contribution in [0.5, 0.6) is 0 Å². The fraction of sp³-hybridized carbons (Fsp3) is 0.467. The molecule has 0 fully saturated rings. The van der Waals surface area contributed by atoms with Gasteiger partial charge in [0.05, 0.1) is 0 Å². The van der Waals surface area contributed by atoms with Crippen molar-refractivity contribution in [3.05, 3.63) is 29.6 Å². The number of aliphatic hydroxyl groups excluding tert-OH is 1. The predicted molar refractivity (Wildman–Crippen MR) is 79.7 cm³/mol. The first-order valence-corrected chi connectivity index (χ1v) is 7.99. The number of nitrogens with zero attached hydrogens (tertiary/aromatic N) is 1. The van der Waals surface area contributed by atoms with Crippen LogP contribution in [0.1, 0.15) is 32.8 Å². The Bertz CT molecular complexity index is 672. The Morgan fingerprint density at radius 1 is 1.38 bits per heavy atom. The van der Waals surface area contributed by atoms with Crippen molar-refractivity contribution in [1.82, 2.24) is 4.31 Å². The number of hydrogen-bond acceptors (Lipinski definition) is 3. The summed E-state index contributed by atoms with van der Waals surface area (Å²) in [5.74, 6) is 4.07. The molecule has 6 heteroatoms. The van der Waals surface area contributed by atoms with Gasteiger partial charge in [0.2, 0.25) is 10.0 Å². The molecule has 0 saturated carbocycles. The third-order valence-corrected chi connectivity index (χ3v) is 5.70. The van der Waals surface area contributed by atoms with Crippen LogP contribution >= 0.6 is 0 Å². The van der Waals surface area contributed by atoms with Crippen LogP contribution in [0.3, 0.4) is 0 Å². The van der Waals surface area contributed by atoms with Gasteiger partial charge in [-0.2, -0.15) is 4.31 Å². The number of rotatable bonds is 4. The summed E-state index contributed by atoms with van der Waals surface area (Å²) in [5.41, 5.74) is -0.293. The maximum absolute atomic E-state index is 14.1. The second kappa shape index (κ2) is 6.56. The highest BCUT2D eigenvalue weighted by atomic mass is 32.2. The molecular weight excluding hydrogens is 293 g/mol. The van der Waals surface area contributed by atoms with Gasteiger partial charge in [0.1, 0.15) is 17.3 Å². The second-order valence-corrected chi connectivity index (χ2v) is 7.18. The van der Waals surface area contributed by atoms with E-state index in [1.807, 2.05) is 6.92 Å². The van der Waals surface area contributed by atoms with Crippen molar-refractivity contribution in [3.63, 3.8) is 0 Å². The van der Waals surface area contributed by atoms with E-state index in [1.54, 1.807) is 13.8 Å². The van der Waals surface area contributed by atoms with Gasteiger partial charge in [-0.25, -0.2) is 12.8 Å². The normalized spacial score (nSPS) is 12.1. The molecule has 1 aromatic rings. The van der Waals surface area contributed by atoms with Gasteiger partial charge in [-0.15, -0.1) is 0 Å². The van der Waals surface area contributed by atoms with Crippen molar-refractivity contribution in [2.45, 2.75) is 37.6 Å². The minimum atomic E-state index is -3.92. The molecule has 0 radical (unpaired) electrons. The average Bonchev–Trinajstić information content (AvgIpc) is 2.43. The predicted octanol–water partition coefficient (Wildman–Crippen LogP) is 1.98. The Labute approximate surface area is 125 Å². The summed E-state index contributed by atoms with van der Waals surface area (Å²) in [7, 11) is -2.47. The fourth-order valence-corrected chi connectivity index (χ4v) is 3.25. The van der Waals surface area contributed by atoms with E-state index in [-0.39, 0.29) is 11.5 Å². The Balaban J connectivity index is 3.27. The van der Waals surface area contributed by atoms with Crippen molar-refractivity contribution in [2.75, 3.05) is 13.7 Å². The molecule has 0 bridgehead atoms. The third-order valence-electron chi connectivity index (χ3n) is 3.60. The van der Waals surface area contributed by atoms with Gasteiger partial charge in [-0.1, -0.05) is 18.8 Å². The molecule has 1 N–H and O–H groups in total. The van der Waals surface area contributed by atoms with Crippen LogP contribution in [-0.2, 0) is 10.0 Å². The van der Waals surface area contributed by atoms with Crippen LogP contribution in [0, 0.1) is 17.7 Å². The number of benzene rings is 1. The van der Waals surface area contributed by atoms with Crippen LogP contribution in [0.2, 0.25) is 0 Å². The summed E-state index contributed by atoms with van der Waals surface area (Å²) in [5, 5.41) is 8.60. The molecule has 0 atom stereocenters. The van der Waals surface area contributed by atoms with E-state index in [0.717, 1.165) is 6.07 Å². The van der Waals surface area contributed by atoms with Crippen LogP contribution in [0.4, 0.5) is 4.39 Å². The SMILES string of the molecule is CCC(C)(C)N(C)S(=O)(=O)c1ccc(C#CCO)cc1F. The van der Waals surface area contributed by atoms with Crippen molar-refractivity contribution in [2.24, 2.45) is 0 Å². The molecule has 0 saturated heterocycles. The highest BCUT2D eigenvalue weighted by Crippen LogP contribution is 2.27. The maximum atomic E-state index is 14.1. The van der Waals surface area contributed by atoms with Gasteiger partial charge in [0.25, 0.3) is 0 Å². The molecule has 1 rings (SSSR count). The summed E-state index contributed by atoms with van der Waals surface area (Å²) >= 11 is 0. The first-order valence-electron chi connectivity index (χ1n) is 6.55. The van der Waals surface area contributed by atoms with Gasteiger partial charge < -0.3 is 5.11 Å². The van der Waals surface area contributed by atoms with E-state index in [2.05, 4.69) is 11.8 Å². The van der Waals surface area contributed by atoms with Gasteiger partial charge >= 0.3 is 0 Å². The lowest BCUT2D eigenvalue weighted by atomic mass is 10.0. The number of aliphatic hydroxyl groups is 1.